The van der Waals surface area contributed by atoms with Gasteiger partial charge in [0.25, 0.3) is 0 Å². The second-order valence-electron chi connectivity index (χ2n) is 6.83. The normalized spacial score (nSPS) is 14.4. The van der Waals surface area contributed by atoms with Gasteiger partial charge in [-0.3, -0.25) is 4.79 Å². The number of methoxy groups -OCH3 is 1. The van der Waals surface area contributed by atoms with Crippen LogP contribution in [0.5, 0.6) is 5.75 Å². The van der Waals surface area contributed by atoms with Crippen LogP contribution in [0.4, 0.5) is 0 Å². The number of ether oxygens (including phenoxy) is 1. The van der Waals surface area contributed by atoms with E-state index in [0.717, 1.165) is 34.2 Å². The van der Waals surface area contributed by atoms with Crippen LogP contribution in [0.3, 0.4) is 0 Å². The monoisotopic (exact) mass is 443 g/mol. The molecule has 1 atom stereocenters. The Hall–Kier alpha value is -2.16. The summed E-state index contributed by atoms with van der Waals surface area (Å²) in [6.45, 7) is 0. The molecule has 1 fully saturated rings. The van der Waals surface area contributed by atoms with Crippen LogP contribution in [0, 0.1) is 9.87 Å². The molecule has 2 aromatic carbocycles. The second kappa shape index (κ2) is 9.11. The highest BCUT2D eigenvalue weighted by atomic mass is 32.2. The van der Waals surface area contributed by atoms with Crippen molar-refractivity contribution in [2.24, 2.45) is 5.92 Å². The molecule has 1 unspecified atom stereocenters. The van der Waals surface area contributed by atoms with E-state index in [1.54, 1.807) is 11.8 Å². The summed E-state index contributed by atoms with van der Waals surface area (Å²) in [5.41, 5.74) is 2.05. The van der Waals surface area contributed by atoms with Crippen LogP contribution < -0.4 is 10.1 Å². The molecule has 4 rings (SSSR count). The molecule has 5 nitrogen and oxygen atoms in total. The number of nitrogens with zero attached hydrogens (tertiary/aromatic N) is 2. The van der Waals surface area contributed by atoms with E-state index in [9.17, 15) is 4.79 Å². The Morgan fingerprint density at radius 1 is 1.28 bits per heavy atom. The van der Waals surface area contributed by atoms with Gasteiger partial charge in [0.15, 0.2) is 8.29 Å². The van der Waals surface area contributed by atoms with Gasteiger partial charge in [-0.1, -0.05) is 53.4 Å². The van der Waals surface area contributed by atoms with Crippen molar-refractivity contribution in [3.8, 4) is 11.4 Å². The SMILES string of the molecule is COc1ccc(C(NC(=O)CSc2nn(-c3ccccc3)c(=S)s2)C2CC2)cc1. The molecule has 0 spiro atoms. The number of carbonyl (C=O) groups excluding carboxylic acids is 1. The molecule has 0 aliphatic heterocycles. The quantitative estimate of drug-likeness (QED) is 0.391. The number of benzene rings is 2. The minimum atomic E-state index is 0.00935. The Morgan fingerprint density at radius 2 is 2.00 bits per heavy atom. The van der Waals surface area contributed by atoms with Crippen molar-refractivity contribution in [1.82, 2.24) is 15.1 Å². The van der Waals surface area contributed by atoms with Crippen LogP contribution in [0.1, 0.15) is 24.4 Å². The van der Waals surface area contributed by atoms with Gasteiger partial charge in [-0.25, -0.2) is 4.68 Å². The molecule has 1 amide bonds. The standard InChI is InChI=1S/C21H21N3O2S3/c1-26-17-11-9-15(10-12-17)19(14-7-8-14)22-18(25)13-28-20-23-24(21(27)29-20)16-5-3-2-4-6-16/h2-6,9-12,14,19H,7-8,13H2,1H3,(H,22,25). The number of rotatable bonds is 8. The zero-order valence-electron chi connectivity index (χ0n) is 15.9. The number of hydrogen-bond acceptors (Lipinski definition) is 6. The van der Waals surface area contributed by atoms with E-state index in [1.165, 1.54) is 23.1 Å². The Balaban J connectivity index is 1.38. The summed E-state index contributed by atoms with van der Waals surface area (Å²) in [4.78, 5) is 12.6. The number of amides is 1. The fraction of sp³-hybridized carbons (Fsp3) is 0.286. The van der Waals surface area contributed by atoms with E-state index >= 15 is 0 Å². The van der Waals surface area contributed by atoms with Crippen molar-refractivity contribution < 1.29 is 9.53 Å². The van der Waals surface area contributed by atoms with Crippen LogP contribution >= 0.6 is 35.3 Å². The number of para-hydroxylation sites is 1. The molecule has 3 aromatic rings. The van der Waals surface area contributed by atoms with Crippen molar-refractivity contribution in [3.63, 3.8) is 0 Å². The highest BCUT2D eigenvalue weighted by Gasteiger charge is 2.33. The maximum Gasteiger partial charge on any atom is 0.230 e. The molecule has 8 heteroatoms. The van der Waals surface area contributed by atoms with E-state index < -0.39 is 0 Å². The first-order chi connectivity index (χ1) is 14.1. The van der Waals surface area contributed by atoms with E-state index in [0.29, 0.717) is 15.6 Å². The molecule has 1 aromatic heterocycles. The van der Waals surface area contributed by atoms with Crippen LogP contribution in [-0.4, -0.2) is 28.6 Å². The molecule has 150 valence electrons. The van der Waals surface area contributed by atoms with E-state index in [2.05, 4.69) is 10.4 Å². The maximum atomic E-state index is 12.6. The van der Waals surface area contributed by atoms with Crippen molar-refractivity contribution in [1.29, 1.82) is 0 Å². The largest absolute Gasteiger partial charge is 0.497 e. The predicted octanol–water partition coefficient (Wildman–Crippen LogP) is 5.03. The number of hydrogen-bond donors (Lipinski definition) is 1. The van der Waals surface area contributed by atoms with Crippen LogP contribution in [0.2, 0.25) is 0 Å². The van der Waals surface area contributed by atoms with Gasteiger partial charge >= 0.3 is 0 Å². The Morgan fingerprint density at radius 3 is 2.66 bits per heavy atom. The molecular formula is C21H21N3O2S3. The second-order valence-corrected chi connectivity index (χ2v) is 9.67. The average Bonchev–Trinajstić information content (AvgIpc) is 3.53. The summed E-state index contributed by atoms with van der Waals surface area (Å²) in [5, 5.41) is 7.76. The molecule has 29 heavy (non-hydrogen) atoms. The lowest BCUT2D eigenvalue weighted by molar-refractivity contribution is -0.119. The number of thioether (sulfide) groups is 1. The summed E-state index contributed by atoms with van der Waals surface area (Å²) < 4.78 is 8.44. The predicted molar refractivity (Wildman–Crippen MR) is 120 cm³/mol. The molecule has 1 heterocycles. The average molecular weight is 444 g/mol. The first-order valence-corrected chi connectivity index (χ1v) is 11.6. The molecule has 0 bridgehead atoms. The third-order valence-electron chi connectivity index (χ3n) is 4.74. The summed E-state index contributed by atoms with van der Waals surface area (Å²) in [7, 11) is 1.65. The van der Waals surface area contributed by atoms with E-state index in [4.69, 9.17) is 17.0 Å². The summed E-state index contributed by atoms with van der Waals surface area (Å²) >= 11 is 8.27. The highest BCUT2D eigenvalue weighted by Crippen LogP contribution is 2.41. The van der Waals surface area contributed by atoms with Gasteiger partial charge in [-0.15, -0.1) is 5.10 Å². The lowest BCUT2D eigenvalue weighted by atomic mass is 10.0. The lowest BCUT2D eigenvalue weighted by Crippen LogP contribution is -2.31. The van der Waals surface area contributed by atoms with Crippen molar-refractivity contribution in [2.45, 2.75) is 23.2 Å². The van der Waals surface area contributed by atoms with Gasteiger partial charge < -0.3 is 10.1 Å². The van der Waals surface area contributed by atoms with Gasteiger partial charge in [0.1, 0.15) is 5.75 Å². The highest BCUT2D eigenvalue weighted by molar-refractivity contribution is 8.01. The fourth-order valence-electron chi connectivity index (χ4n) is 3.11. The van der Waals surface area contributed by atoms with Gasteiger partial charge in [0.2, 0.25) is 5.91 Å². The summed E-state index contributed by atoms with van der Waals surface area (Å²) in [6.07, 6.45) is 2.29. The van der Waals surface area contributed by atoms with Crippen molar-refractivity contribution in [3.05, 3.63) is 64.1 Å². The van der Waals surface area contributed by atoms with Gasteiger partial charge in [-0.05, 0) is 60.8 Å². The van der Waals surface area contributed by atoms with Gasteiger partial charge in [0, 0.05) is 0 Å². The maximum absolute atomic E-state index is 12.6. The third kappa shape index (κ3) is 5.07. The topological polar surface area (TPSA) is 56.1 Å². The minimum Gasteiger partial charge on any atom is -0.497 e. The van der Waals surface area contributed by atoms with E-state index in [1.807, 2.05) is 54.6 Å². The van der Waals surface area contributed by atoms with Crippen LogP contribution in [-0.2, 0) is 4.79 Å². The number of carbonyl (C=O) groups is 1. The summed E-state index contributed by atoms with van der Waals surface area (Å²) in [5.74, 6) is 1.66. The van der Waals surface area contributed by atoms with Crippen LogP contribution in [0.15, 0.2) is 58.9 Å². The zero-order chi connectivity index (χ0) is 20.2. The molecule has 1 aliphatic carbocycles. The van der Waals surface area contributed by atoms with E-state index in [-0.39, 0.29) is 11.9 Å². The number of nitrogens with one attached hydrogen (secondary N) is 1. The zero-order valence-corrected chi connectivity index (χ0v) is 18.4. The molecule has 1 N–H and O–H groups in total. The first-order valence-electron chi connectivity index (χ1n) is 9.36. The number of aromatic nitrogens is 2. The Bertz CT molecular complexity index is 1030. The smallest absolute Gasteiger partial charge is 0.230 e. The Labute approximate surface area is 183 Å². The first kappa shape index (κ1) is 20.1. The Kier molecular flexibility index (Phi) is 6.32. The van der Waals surface area contributed by atoms with Gasteiger partial charge in [-0.2, -0.15) is 0 Å². The summed E-state index contributed by atoms with van der Waals surface area (Å²) in [6, 6.07) is 17.8. The van der Waals surface area contributed by atoms with Crippen molar-refractivity contribution in [2.75, 3.05) is 12.9 Å². The third-order valence-corrected chi connectivity index (χ3v) is 7.11. The molecule has 0 radical (unpaired) electrons. The molecular weight excluding hydrogens is 422 g/mol. The minimum absolute atomic E-state index is 0.00935. The molecule has 1 aliphatic rings. The van der Waals surface area contributed by atoms with Crippen LogP contribution in [0.25, 0.3) is 5.69 Å². The van der Waals surface area contributed by atoms with Crippen molar-refractivity contribution >= 4 is 41.2 Å². The van der Waals surface area contributed by atoms with Gasteiger partial charge in [0.05, 0.1) is 24.6 Å². The fourth-order valence-corrected chi connectivity index (χ4v) is 5.28. The molecule has 1 saturated carbocycles. The lowest BCUT2D eigenvalue weighted by Gasteiger charge is -2.19. The molecule has 0 saturated heterocycles.